The van der Waals surface area contributed by atoms with Crippen LogP contribution in [-0.2, 0) is 0 Å². The summed E-state index contributed by atoms with van der Waals surface area (Å²) in [4.78, 5) is 26.4. The first-order valence-corrected chi connectivity index (χ1v) is 7.17. The first kappa shape index (κ1) is 15.7. The van der Waals surface area contributed by atoms with Gasteiger partial charge in [0.05, 0.1) is 4.92 Å². The standard InChI is InChI=1S/C14H18ClN3O3/c1-16-7-3-4-11(16)9-17(2)14(19)10-5-6-13(18(20)21)12(15)8-10/h5-6,8,11H,3-4,7,9H2,1-2H3. The van der Waals surface area contributed by atoms with E-state index in [1.165, 1.54) is 18.2 Å². The van der Waals surface area contributed by atoms with Crippen LogP contribution in [0.1, 0.15) is 23.2 Å². The van der Waals surface area contributed by atoms with Gasteiger partial charge in [-0.25, -0.2) is 0 Å². The van der Waals surface area contributed by atoms with E-state index in [0.29, 0.717) is 18.2 Å². The van der Waals surface area contributed by atoms with Gasteiger partial charge >= 0.3 is 0 Å². The number of amides is 1. The molecule has 0 bridgehead atoms. The smallest absolute Gasteiger partial charge is 0.287 e. The molecule has 1 aliphatic rings. The van der Waals surface area contributed by atoms with Crippen LogP contribution in [0.15, 0.2) is 18.2 Å². The summed E-state index contributed by atoms with van der Waals surface area (Å²) < 4.78 is 0. The monoisotopic (exact) mass is 311 g/mol. The van der Waals surface area contributed by atoms with Gasteiger partial charge in [-0.2, -0.15) is 0 Å². The van der Waals surface area contributed by atoms with E-state index in [1.54, 1.807) is 11.9 Å². The zero-order chi connectivity index (χ0) is 15.6. The second-order valence-corrected chi connectivity index (χ2v) is 5.79. The Bertz CT molecular complexity index is 564. The Morgan fingerprint density at radius 3 is 2.81 bits per heavy atom. The molecule has 21 heavy (non-hydrogen) atoms. The second kappa shape index (κ2) is 6.41. The van der Waals surface area contributed by atoms with Gasteiger partial charge < -0.3 is 9.80 Å². The third kappa shape index (κ3) is 3.51. The SMILES string of the molecule is CN(CC1CCCN1C)C(=O)c1ccc([N+](=O)[O-])c(Cl)c1. The van der Waals surface area contributed by atoms with Gasteiger partial charge in [0.1, 0.15) is 5.02 Å². The Morgan fingerprint density at radius 2 is 2.29 bits per heavy atom. The van der Waals surface area contributed by atoms with Crippen molar-refractivity contribution in [2.24, 2.45) is 0 Å². The van der Waals surface area contributed by atoms with E-state index in [2.05, 4.69) is 11.9 Å². The largest absolute Gasteiger partial charge is 0.340 e. The van der Waals surface area contributed by atoms with Crippen LogP contribution < -0.4 is 0 Å². The molecule has 0 N–H and O–H groups in total. The average molecular weight is 312 g/mol. The lowest BCUT2D eigenvalue weighted by Crippen LogP contribution is -2.39. The first-order valence-electron chi connectivity index (χ1n) is 6.80. The van der Waals surface area contributed by atoms with Crippen molar-refractivity contribution in [2.75, 3.05) is 27.2 Å². The summed E-state index contributed by atoms with van der Waals surface area (Å²) in [5.74, 6) is -0.174. The normalized spacial score (nSPS) is 18.7. The van der Waals surface area contributed by atoms with Crippen LogP contribution in [0.5, 0.6) is 0 Å². The van der Waals surface area contributed by atoms with Crippen LogP contribution in [0, 0.1) is 10.1 Å². The predicted molar refractivity (Wildman–Crippen MR) is 80.7 cm³/mol. The molecule has 0 radical (unpaired) electrons. The van der Waals surface area contributed by atoms with Crippen molar-refractivity contribution in [1.29, 1.82) is 0 Å². The van der Waals surface area contributed by atoms with Gasteiger partial charge in [-0.1, -0.05) is 11.6 Å². The molecule has 0 spiro atoms. The minimum Gasteiger partial charge on any atom is -0.340 e. The van der Waals surface area contributed by atoms with Gasteiger partial charge in [0.25, 0.3) is 11.6 Å². The third-order valence-electron chi connectivity index (χ3n) is 3.89. The van der Waals surface area contributed by atoms with Gasteiger partial charge in [-0.15, -0.1) is 0 Å². The summed E-state index contributed by atoms with van der Waals surface area (Å²) in [6.07, 6.45) is 2.22. The highest BCUT2D eigenvalue weighted by atomic mass is 35.5. The van der Waals surface area contributed by atoms with Gasteiger partial charge in [0.15, 0.2) is 0 Å². The Labute approximate surface area is 128 Å². The fourth-order valence-electron chi connectivity index (χ4n) is 2.62. The van der Waals surface area contributed by atoms with E-state index in [9.17, 15) is 14.9 Å². The van der Waals surface area contributed by atoms with Gasteiger partial charge in [-0.3, -0.25) is 14.9 Å². The van der Waals surface area contributed by atoms with E-state index in [1.807, 2.05) is 0 Å². The number of carbonyl (C=O) groups is 1. The highest BCUT2D eigenvalue weighted by Crippen LogP contribution is 2.25. The number of hydrogen-bond donors (Lipinski definition) is 0. The van der Waals surface area contributed by atoms with Crippen LogP contribution in [0.4, 0.5) is 5.69 Å². The van der Waals surface area contributed by atoms with E-state index >= 15 is 0 Å². The molecule has 0 saturated carbocycles. The molecule has 1 amide bonds. The fourth-order valence-corrected chi connectivity index (χ4v) is 2.87. The molecule has 1 heterocycles. The Morgan fingerprint density at radius 1 is 1.57 bits per heavy atom. The van der Waals surface area contributed by atoms with Crippen LogP contribution in [0.2, 0.25) is 5.02 Å². The molecule has 0 aromatic heterocycles. The van der Waals surface area contributed by atoms with Gasteiger partial charge in [-0.05, 0) is 38.6 Å². The van der Waals surface area contributed by atoms with Crippen molar-refractivity contribution in [1.82, 2.24) is 9.80 Å². The number of nitro benzene ring substituents is 1. The predicted octanol–water partition coefficient (Wildman–Crippen LogP) is 2.41. The first-order chi connectivity index (χ1) is 9.90. The number of likely N-dealkylation sites (N-methyl/N-ethyl adjacent to an activating group) is 2. The van der Waals surface area contributed by atoms with E-state index in [-0.39, 0.29) is 16.6 Å². The number of rotatable bonds is 4. The number of nitro groups is 1. The minimum absolute atomic E-state index is 0.0164. The summed E-state index contributed by atoms with van der Waals surface area (Å²) in [5, 5.41) is 10.7. The molecule has 6 nitrogen and oxygen atoms in total. The molecule has 1 aliphatic heterocycles. The number of carbonyl (C=O) groups excluding carboxylic acids is 1. The zero-order valence-corrected chi connectivity index (χ0v) is 12.8. The molecule has 1 fully saturated rings. The quantitative estimate of drug-likeness (QED) is 0.632. The lowest BCUT2D eigenvalue weighted by atomic mass is 10.1. The number of halogens is 1. The van der Waals surface area contributed by atoms with E-state index < -0.39 is 4.92 Å². The molecule has 7 heteroatoms. The molecule has 1 saturated heterocycles. The number of likely N-dealkylation sites (tertiary alicyclic amines) is 1. The minimum atomic E-state index is -0.562. The Kier molecular flexibility index (Phi) is 4.80. The Balaban J connectivity index is 2.08. The van der Waals surface area contributed by atoms with Crippen molar-refractivity contribution in [3.05, 3.63) is 38.9 Å². The molecule has 2 rings (SSSR count). The maximum Gasteiger partial charge on any atom is 0.287 e. The highest BCUT2D eigenvalue weighted by molar-refractivity contribution is 6.33. The fraction of sp³-hybridized carbons (Fsp3) is 0.500. The lowest BCUT2D eigenvalue weighted by molar-refractivity contribution is -0.384. The van der Waals surface area contributed by atoms with Crippen LogP contribution in [0.3, 0.4) is 0 Å². The molecule has 114 valence electrons. The lowest BCUT2D eigenvalue weighted by Gasteiger charge is -2.26. The number of nitrogens with zero attached hydrogens (tertiary/aromatic N) is 3. The highest BCUT2D eigenvalue weighted by Gasteiger charge is 2.25. The molecular formula is C14H18ClN3O3. The van der Waals surface area contributed by atoms with Crippen molar-refractivity contribution in [3.63, 3.8) is 0 Å². The van der Waals surface area contributed by atoms with E-state index in [4.69, 9.17) is 11.6 Å². The summed E-state index contributed by atoms with van der Waals surface area (Å²) >= 11 is 5.85. The van der Waals surface area contributed by atoms with Crippen molar-refractivity contribution in [2.45, 2.75) is 18.9 Å². The maximum absolute atomic E-state index is 12.4. The molecule has 1 atom stereocenters. The van der Waals surface area contributed by atoms with Crippen LogP contribution in [-0.4, -0.2) is 53.9 Å². The number of benzene rings is 1. The maximum atomic E-state index is 12.4. The molecule has 1 aromatic rings. The van der Waals surface area contributed by atoms with Crippen LogP contribution in [0.25, 0.3) is 0 Å². The van der Waals surface area contributed by atoms with Crippen molar-refractivity contribution in [3.8, 4) is 0 Å². The average Bonchev–Trinajstić information content (AvgIpc) is 2.82. The summed E-state index contributed by atoms with van der Waals surface area (Å²) in [7, 11) is 3.79. The molecular weight excluding hydrogens is 294 g/mol. The zero-order valence-electron chi connectivity index (χ0n) is 12.1. The topological polar surface area (TPSA) is 66.7 Å². The van der Waals surface area contributed by atoms with E-state index in [0.717, 1.165) is 19.4 Å². The molecule has 1 unspecified atom stereocenters. The van der Waals surface area contributed by atoms with Crippen LogP contribution >= 0.6 is 11.6 Å². The van der Waals surface area contributed by atoms with Crippen molar-refractivity contribution >= 4 is 23.2 Å². The second-order valence-electron chi connectivity index (χ2n) is 5.39. The molecule has 0 aliphatic carbocycles. The van der Waals surface area contributed by atoms with Gasteiger partial charge in [0, 0.05) is 31.3 Å². The number of hydrogen-bond acceptors (Lipinski definition) is 4. The summed E-state index contributed by atoms with van der Waals surface area (Å²) in [6, 6.07) is 4.44. The van der Waals surface area contributed by atoms with Gasteiger partial charge in [0.2, 0.25) is 0 Å². The Hall–Kier alpha value is -1.66. The third-order valence-corrected chi connectivity index (χ3v) is 4.20. The summed E-state index contributed by atoms with van der Waals surface area (Å²) in [5.41, 5.74) is 0.181. The summed E-state index contributed by atoms with van der Waals surface area (Å²) in [6.45, 7) is 1.69. The molecule has 1 aromatic carbocycles. The van der Waals surface area contributed by atoms with Crippen molar-refractivity contribution < 1.29 is 9.72 Å².